The van der Waals surface area contributed by atoms with E-state index in [-0.39, 0.29) is 23.8 Å². The van der Waals surface area contributed by atoms with Crippen molar-refractivity contribution in [3.05, 3.63) is 0 Å². The van der Waals surface area contributed by atoms with E-state index in [1.165, 1.54) is 0 Å². The predicted molar refractivity (Wildman–Crippen MR) is 68.4 cm³/mol. The quantitative estimate of drug-likeness (QED) is 0.636. The van der Waals surface area contributed by atoms with E-state index in [0.717, 1.165) is 6.42 Å². The molecule has 0 rings (SSSR count). The van der Waals surface area contributed by atoms with Crippen LogP contribution in [0.1, 0.15) is 47.0 Å². The predicted octanol–water partition coefficient (Wildman–Crippen LogP) is 0.535. The molecule has 100 valence electrons. The summed E-state index contributed by atoms with van der Waals surface area (Å²) in [5.74, 6) is -0.253. The smallest absolute Gasteiger partial charge is 0.236 e. The van der Waals surface area contributed by atoms with Gasteiger partial charge in [0.05, 0.1) is 6.04 Å². The number of nitrogens with two attached hydrogens (primary N) is 1. The van der Waals surface area contributed by atoms with Crippen molar-refractivity contribution in [2.45, 2.75) is 58.5 Å². The number of hydrogen-bond acceptors (Lipinski definition) is 3. The van der Waals surface area contributed by atoms with Crippen LogP contribution in [-0.4, -0.2) is 29.9 Å². The maximum atomic E-state index is 11.4. The van der Waals surface area contributed by atoms with E-state index in [9.17, 15) is 9.59 Å². The average molecular weight is 243 g/mol. The number of carbonyl (C=O) groups is 2. The molecule has 0 aliphatic heterocycles. The highest BCUT2D eigenvalue weighted by molar-refractivity contribution is 5.82. The van der Waals surface area contributed by atoms with E-state index in [1.54, 1.807) is 0 Å². The Morgan fingerprint density at radius 1 is 1.29 bits per heavy atom. The van der Waals surface area contributed by atoms with Crippen LogP contribution in [0.5, 0.6) is 0 Å². The summed E-state index contributed by atoms with van der Waals surface area (Å²) in [6, 6.07) is -0.467. The summed E-state index contributed by atoms with van der Waals surface area (Å²) in [5, 5.41) is 5.48. The van der Waals surface area contributed by atoms with Crippen molar-refractivity contribution in [2.75, 3.05) is 6.54 Å². The summed E-state index contributed by atoms with van der Waals surface area (Å²) in [6.07, 6.45) is 1.82. The summed E-state index contributed by atoms with van der Waals surface area (Å²) >= 11 is 0. The third-order valence-electron chi connectivity index (χ3n) is 2.10. The third-order valence-corrected chi connectivity index (χ3v) is 2.10. The largest absolute Gasteiger partial charge is 0.354 e. The molecular formula is C12H25N3O2. The summed E-state index contributed by atoms with van der Waals surface area (Å²) in [4.78, 5) is 22.9. The molecule has 0 fully saturated rings. The van der Waals surface area contributed by atoms with Crippen LogP contribution in [0.15, 0.2) is 0 Å². The van der Waals surface area contributed by atoms with Crippen molar-refractivity contribution in [3.63, 3.8) is 0 Å². The van der Waals surface area contributed by atoms with Gasteiger partial charge in [0.2, 0.25) is 11.8 Å². The molecule has 0 aliphatic carbocycles. The number of rotatable bonds is 6. The van der Waals surface area contributed by atoms with E-state index in [4.69, 9.17) is 5.73 Å². The zero-order chi connectivity index (χ0) is 13.5. The summed E-state index contributed by atoms with van der Waals surface area (Å²) < 4.78 is 0. The first-order valence-corrected chi connectivity index (χ1v) is 6.10. The van der Waals surface area contributed by atoms with Crippen LogP contribution in [-0.2, 0) is 9.59 Å². The second-order valence-electron chi connectivity index (χ2n) is 5.23. The highest BCUT2D eigenvalue weighted by atomic mass is 16.2. The number of amides is 2. The van der Waals surface area contributed by atoms with Crippen molar-refractivity contribution >= 4 is 11.8 Å². The van der Waals surface area contributed by atoms with Gasteiger partial charge in [0.15, 0.2) is 0 Å². The van der Waals surface area contributed by atoms with Crippen LogP contribution in [0.2, 0.25) is 0 Å². The lowest BCUT2D eigenvalue weighted by atomic mass is 10.1. The van der Waals surface area contributed by atoms with E-state index < -0.39 is 6.04 Å². The second kappa shape index (κ2) is 7.27. The number of hydrogen-bond donors (Lipinski definition) is 3. The van der Waals surface area contributed by atoms with E-state index in [0.29, 0.717) is 13.0 Å². The summed E-state index contributed by atoms with van der Waals surface area (Å²) in [6.45, 7) is 8.06. The lowest BCUT2D eigenvalue weighted by Gasteiger charge is -2.20. The Balaban J connectivity index is 3.77. The molecule has 0 heterocycles. The van der Waals surface area contributed by atoms with Gasteiger partial charge in [0.1, 0.15) is 0 Å². The molecule has 5 nitrogen and oxygen atoms in total. The SMILES string of the molecule is CCC[C@H](N)C(=O)NCCC(=O)NC(C)(C)C. The van der Waals surface area contributed by atoms with Gasteiger partial charge in [-0.05, 0) is 27.2 Å². The highest BCUT2D eigenvalue weighted by Crippen LogP contribution is 1.98. The number of carbonyl (C=O) groups excluding carboxylic acids is 2. The topological polar surface area (TPSA) is 84.2 Å². The molecule has 0 aliphatic rings. The molecule has 5 heteroatoms. The molecule has 0 saturated heterocycles. The molecule has 1 atom stereocenters. The highest BCUT2D eigenvalue weighted by Gasteiger charge is 2.15. The van der Waals surface area contributed by atoms with Gasteiger partial charge in [0, 0.05) is 18.5 Å². The Morgan fingerprint density at radius 2 is 1.88 bits per heavy atom. The molecule has 0 unspecified atom stereocenters. The van der Waals surface area contributed by atoms with Crippen LogP contribution in [0.3, 0.4) is 0 Å². The first kappa shape index (κ1) is 15.9. The monoisotopic (exact) mass is 243 g/mol. The first-order chi connectivity index (χ1) is 7.76. The molecular weight excluding hydrogens is 218 g/mol. The van der Waals surface area contributed by atoms with Crippen molar-refractivity contribution in [1.82, 2.24) is 10.6 Å². The maximum Gasteiger partial charge on any atom is 0.236 e. The molecule has 0 saturated carbocycles. The number of nitrogens with one attached hydrogen (secondary N) is 2. The van der Waals surface area contributed by atoms with Crippen LogP contribution in [0, 0.1) is 0 Å². The molecule has 2 amide bonds. The molecule has 0 aromatic rings. The van der Waals surface area contributed by atoms with Gasteiger partial charge in [-0.2, -0.15) is 0 Å². The van der Waals surface area contributed by atoms with Gasteiger partial charge in [-0.1, -0.05) is 13.3 Å². The zero-order valence-electron chi connectivity index (χ0n) is 11.3. The summed E-state index contributed by atoms with van der Waals surface area (Å²) in [5.41, 5.74) is 5.40. The second-order valence-corrected chi connectivity index (χ2v) is 5.23. The van der Waals surface area contributed by atoms with Crippen molar-refractivity contribution in [2.24, 2.45) is 5.73 Å². The molecule has 0 spiro atoms. The third kappa shape index (κ3) is 8.68. The maximum absolute atomic E-state index is 11.4. The Bertz CT molecular complexity index is 259. The molecule has 0 radical (unpaired) electrons. The van der Waals surface area contributed by atoms with E-state index in [1.807, 2.05) is 27.7 Å². The standard InChI is InChI=1S/C12H25N3O2/c1-5-6-9(13)11(17)14-8-7-10(16)15-12(2,3)4/h9H,5-8,13H2,1-4H3,(H,14,17)(H,15,16)/t9-/m0/s1. The normalized spacial score (nSPS) is 13.0. The first-order valence-electron chi connectivity index (χ1n) is 6.10. The minimum absolute atomic E-state index is 0.0677. The molecule has 17 heavy (non-hydrogen) atoms. The van der Waals surface area contributed by atoms with Gasteiger partial charge in [-0.15, -0.1) is 0 Å². The fourth-order valence-corrected chi connectivity index (χ4v) is 1.35. The fraction of sp³-hybridized carbons (Fsp3) is 0.833. The molecule has 4 N–H and O–H groups in total. The van der Waals surface area contributed by atoms with Gasteiger partial charge in [-0.25, -0.2) is 0 Å². The zero-order valence-corrected chi connectivity index (χ0v) is 11.3. The Kier molecular flexibility index (Phi) is 6.80. The van der Waals surface area contributed by atoms with Gasteiger partial charge >= 0.3 is 0 Å². The van der Waals surface area contributed by atoms with E-state index >= 15 is 0 Å². The van der Waals surface area contributed by atoms with Crippen LogP contribution < -0.4 is 16.4 Å². The van der Waals surface area contributed by atoms with Crippen molar-refractivity contribution in [3.8, 4) is 0 Å². The van der Waals surface area contributed by atoms with Crippen molar-refractivity contribution in [1.29, 1.82) is 0 Å². The fourth-order valence-electron chi connectivity index (χ4n) is 1.35. The lowest BCUT2D eigenvalue weighted by molar-refractivity contribution is -0.123. The minimum atomic E-state index is -0.467. The van der Waals surface area contributed by atoms with Gasteiger partial charge in [-0.3, -0.25) is 9.59 Å². The lowest BCUT2D eigenvalue weighted by Crippen LogP contribution is -2.44. The van der Waals surface area contributed by atoms with Crippen LogP contribution >= 0.6 is 0 Å². The Morgan fingerprint density at radius 3 is 2.35 bits per heavy atom. The van der Waals surface area contributed by atoms with Crippen LogP contribution in [0.4, 0.5) is 0 Å². The average Bonchev–Trinajstić information content (AvgIpc) is 2.14. The van der Waals surface area contributed by atoms with Crippen molar-refractivity contribution < 1.29 is 9.59 Å². The summed E-state index contributed by atoms with van der Waals surface area (Å²) in [7, 11) is 0. The minimum Gasteiger partial charge on any atom is -0.354 e. The molecule has 0 aromatic carbocycles. The van der Waals surface area contributed by atoms with Gasteiger partial charge in [0.25, 0.3) is 0 Å². The molecule has 0 aromatic heterocycles. The van der Waals surface area contributed by atoms with Crippen LogP contribution in [0.25, 0.3) is 0 Å². The Hall–Kier alpha value is -1.10. The molecule has 0 bridgehead atoms. The van der Waals surface area contributed by atoms with E-state index in [2.05, 4.69) is 10.6 Å². The van der Waals surface area contributed by atoms with Gasteiger partial charge < -0.3 is 16.4 Å². The Labute approximate surface area is 104 Å².